The van der Waals surface area contributed by atoms with Gasteiger partial charge in [0, 0.05) is 0 Å². The van der Waals surface area contributed by atoms with Gasteiger partial charge in [-0.2, -0.15) is 5.26 Å². The molecule has 0 aromatic heterocycles. The molecule has 1 atom stereocenters. The Balaban J connectivity index is 2.29. The molecule has 0 bridgehead atoms. The van der Waals surface area contributed by atoms with Crippen molar-refractivity contribution in [1.82, 2.24) is 0 Å². The predicted octanol–water partition coefficient (Wildman–Crippen LogP) is 2.56. The molecular formula is C13H14FNO2. The molecule has 1 aromatic carbocycles. The van der Waals surface area contributed by atoms with Crippen molar-refractivity contribution in [3.05, 3.63) is 29.6 Å². The molecule has 1 fully saturated rings. The Morgan fingerprint density at radius 1 is 1.53 bits per heavy atom. The van der Waals surface area contributed by atoms with E-state index in [9.17, 15) is 9.50 Å². The summed E-state index contributed by atoms with van der Waals surface area (Å²) >= 11 is 0. The number of hydrogen-bond donors (Lipinski definition) is 1. The molecule has 17 heavy (non-hydrogen) atoms. The molecule has 90 valence electrons. The van der Waals surface area contributed by atoms with Gasteiger partial charge in [0.1, 0.15) is 0 Å². The number of nitrogens with zero attached hydrogens (tertiary/aromatic N) is 1. The molecule has 1 N–H and O–H groups in total. The number of hydrogen-bond acceptors (Lipinski definition) is 3. The van der Waals surface area contributed by atoms with Crippen molar-refractivity contribution in [2.24, 2.45) is 5.41 Å². The van der Waals surface area contributed by atoms with Gasteiger partial charge < -0.3 is 9.84 Å². The van der Waals surface area contributed by atoms with E-state index >= 15 is 0 Å². The van der Waals surface area contributed by atoms with E-state index in [1.807, 2.05) is 0 Å². The summed E-state index contributed by atoms with van der Waals surface area (Å²) in [6, 6.07) is 6.47. The monoisotopic (exact) mass is 235 g/mol. The highest BCUT2D eigenvalue weighted by atomic mass is 19.1. The highest BCUT2D eigenvalue weighted by Crippen LogP contribution is 2.49. The van der Waals surface area contributed by atoms with Crippen molar-refractivity contribution >= 4 is 0 Å². The van der Waals surface area contributed by atoms with E-state index in [-0.39, 0.29) is 5.75 Å². The second kappa shape index (κ2) is 4.34. The van der Waals surface area contributed by atoms with Crippen LogP contribution in [0.2, 0.25) is 0 Å². The van der Waals surface area contributed by atoms with E-state index in [1.54, 1.807) is 6.07 Å². The zero-order valence-electron chi connectivity index (χ0n) is 9.61. The average Bonchev–Trinajstić information content (AvgIpc) is 2.28. The largest absolute Gasteiger partial charge is 0.494 e. The van der Waals surface area contributed by atoms with Gasteiger partial charge >= 0.3 is 0 Å². The molecule has 1 unspecified atom stereocenters. The van der Waals surface area contributed by atoms with Gasteiger partial charge in [0.05, 0.1) is 24.7 Å². The lowest BCUT2D eigenvalue weighted by atomic mass is 9.65. The van der Waals surface area contributed by atoms with Crippen molar-refractivity contribution in [3.63, 3.8) is 0 Å². The lowest BCUT2D eigenvalue weighted by Gasteiger charge is -2.39. The van der Waals surface area contributed by atoms with Crippen LogP contribution in [0.5, 0.6) is 5.75 Å². The Hall–Kier alpha value is -1.60. The van der Waals surface area contributed by atoms with Crippen LogP contribution in [0.3, 0.4) is 0 Å². The van der Waals surface area contributed by atoms with Crippen LogP contribution in [0, 0.1) is 22.6 Å². The van der Waals surface area contributed by atoms with Crippen LogP contribution in [0.4, 0.5) is 4.39 Å². The van der Waals surface area contributed by atoms with E-state index < -0.39 is 17.3 Å². The first-order chi connectivity index (χ1) is 8.13. The molecule has 0 heterocycles. The number of aliphatic hydroxyl groups is 1. The van der Waals surface area contributed by atoms with E-state index in [1.165, 1.54) is 19.2 Å². The molecule has 0 radical (unpaired) electrons. The highest BCUT2D eigenvalue weighted by Gasteiger charge is 2.44. The molecule has 4 heteroatoms. The minimum Gasteiger partial charge on any atom is -0.494 e. The van der Waals surface area contributed by atoms with Crippen molar-refractivity contribution in [2.75, 3.05) is 7.11 Å². The number of aliphatic hydroxyl groups excluding tert-OH is 1. The first kappa shape index (κ1) is 11.9. The van der Waals surface area contributed by atoms with Crippen LogP contribution in [-0.2, 0) is 0 Å². The number of ether oxygens (including phenoxy) is 1. The molecule has 1 aliphatic rings. The van der Waals surface area contributed by atoms with Gasteiger partial charge in [-0.3, -0.25) is 0 Å². The summed E-state index contributed by atoms with van der Waals surface area (Å²) in [6.07, 6.45) is 1.33. The van der Waals surface area contributed by atoms with Crippen molar-refractivity contribution in [1.29, 1.82) is 5.26 Å². The summed E-state index contributed by atoms with van der Waals surface area (Å²) in [6.45, 7) is 0. The Morgan fingerprint density at radius 3 is 2.65 bits per heavy atom. The van der Waals surface area contributed by atoms with Gasteiger partial charge in [-0.05, 0) is 30.5 Å². The zero-order valence-corrected chi connectivity index (χ0v) is 9.61. The molecular weight excluding hydrogens is 221 g/mol. The average molecular weight is 235 g/mol. The third-order valence-corrected chi connectivity index (χ3v) is 3.48. The van der Waals surface area contributed by atoms with Crippen molar-refractivity contribution in [2.45, 2.75) is 25.4 Å². The lowest BCUT2D eigenvalue weighted by molar-refractivity contribution is 0.00772. The summed E-state index contributed by atoms with van der Waals surface area (Å²) in [5, 5.41) is 19.3. The summed E-state index contributed by atoms with van der Waals surface area (Å²) in [5.41, 5.74) is -0.300. The summed E-state index contributed by atoms with van der Waals surface area (Å²) in [7, 11) is 1.39. The Labute approximate surface area is 99.4 Å². The normalized spacial score (nSPS) is 18.9. The quantitative estimate of drug-likeness (QED) is 0.876. The Kier molecular flexibility index (Phi) is 3.03. The number of rotatable bonds is 3. The maximum atomic E-state index is 13.5. The van der Waals surface area contributed by atoms with Crippen LogP contribution in [0.1, 0.15) is 30.9 Å². The first-order valence-electron chi connectivity index (χ1n) is 5.56. The van der Waals surface area contributed by atoms with Gasteiger partial charge in [0.2, 0.25) is 0 Å². The molecule has 1 aromatic rings. The molecule has 1 aliphatic carbocycles. The summed E-state index contributed by atoms with van der Waals surface area (Å²) in [5.74, 6) is -0.378. The maximum absolute atomic E-state index is 13.5. The zero-order chi connectivity index (χ0) is 12.5. The van der Waals surface area contributed by atoms with Crippen LogP contribution in [-0.4, -0.2) is 12.2 Å². The van der Waals surface area contributed by atoms with E-state index in [0.717, 1.165) is 6.42 Å². The second-order valence-electron chi connectivity index (χ2n) is 4.42. The summed E-state index contributed by atoms with van der Waals surface area (Å²) in [4.78, 5) is 0. The van der Waals surface area contributed by atoms with Crippen LogP contribution in [0.15, 0.2) is 18.2 Å². The molecule has 0 aliphatic heterocycles. The highest BCUT2D eigenvalue weighted by molar-refractivity contribution is 5.32. The van der Waals surface area contributed by atoms with E-state index in [2.05, 4.69) is 6.07 Å². The second-order valence-corrected chi connectivity index (χ2v) is 4.42. The third-order valence-electron chi connectivity index (χ3n) is 3.48. The molecule has 1 saturated carbocycles. The fraction of sp³-hybridized carbons (Fsp3) is 0.462. The lowest BCUT2D eigenvalue weighted by Crippen LogP contribution is -2.34. The van der Waals surface area contributed by atoms with Crippen LogP contribution in [0.25, 0.3) is 0 Å². The minimum atomic E-state index is -0.929. The number of benzene rings is 1. The Morgan fingerprint density at radius 2 is 2.24 bits per heavy atom. The Bertz CT molecular complexity index is 463. The van der Waals surface area contributed by atoms with Crippen molar-refractivity contribution < 1.29 is 14.2 Å². The van der Waals surface area contributed by atoms with E-state index in [4.69, 9.17) is 10.00 Å². The SMILES string of the molecule is COc1ccc(C(O)C2(C#N)CCC2)cc1F. The molecule has 0 saturated heterocycles. The van der Waals surface area contributed by atoms with Gasteiger partial charge in [0.25, 0.3) is 0 Å². The summed E-state index contributed by atoms with van der Waals surface area (Å²) < 4.78 is 18.3. The van der Waals surface area contributed by atoms with Crippen LogP contribution < -0.4 is 4.74 Å². The van der Waals surface area contributed by atoms with Gasteiger partial charge in [0.15, 0.2) is 11.6 Å². The molecule has 3 nitrogen and oxygen atoms in total. The fourth-order valence-corrected chi connectivity index (χ4v) is 2.18. The van der Waals surface area contributed by atoms with E-state index in [0.29, 0.717) is 18.4 Å². The molecule has 0 amide bonds. The standard InChI is InChI=1S/C13H14FNO2/c1-17-11-4-3-9(7-10(11)14)12(16)13(8-15)5-2-6-13/h3-4,7,12,16H,2,5-6H2,1H3. The van der Waals surface area contributed by atoms with Gasteiger partial charge in [-0.1, -0.05) is 12.5 Å². The topological polar surface area (TPSA) is 53.2 Å². The predicted molar refractivity (Wildman–Crippen MR) is 59.8 cm³/mol. The molecule has 0 spiro atoms. The maximum Gasteiger partial charge on any atom is 0.165 e. The number of methoxy groups -OCH3 is 1. The van der Waals surface area contributed by atoms with Crippen LogP contribution >= 0.6 is 0 Å². The van der Waals surface area contributed by atoms with Gasteiger partial charge in [-0.15, -0.1) is 0 Å². The van der Waals surface area contributed by atoms with Gasteiger partial charge in [-0.25, -0.2) is 4.39 Å². The number of nitriles is 1. The fourth-order valence-electron chi connectivity index (χ4n) is 2.18. The molecule has 2 rings (SSSR count). The number of halogens is 1. The smallest absolute Gasteiger partial charge is 0.165 e. The minimum absolute atomic E-state index is 0.139. The first-order valence-corrected chi connectivity index (χ1v) is 5.56. The van der Waals surface area contributed by atoms with Crippen molar-refractivity contribution in [3.8, 4) is 11.8 Å². The third kappa shape index (κ3) is 1.87.